The van der Waals surface area contributed by atoms with Crippen molar-refractivity contribution in [3.8, 4) is 11.5 Å². The van der Waals surface area contributed by atoms with Gasteiger partial charge in [-0.3, -0.25) is 14.5 Å². The molecular weight excluding hydrogens is 524 g/mol. The summed E-state index contributed by atoms with van der Waals surface area (Å²) in [6.45, 7) is 6.17. The summed E-state index contributed by atoms with van der Waals surface area (Å²) in [5.74, 6) is 2.45. The van der Waals surface area contributed by atoms with Gasteiger partial charge in [0.1, 0.15) is 23.1 Å². The fourth-order valence-electron chi connectivity index (χ4n) is 7.10. The minimum atomic E-state index is -0.703. The zero-order valence-electron chi connectivity index (χ0n) is 25.9. The van der Waals surface area contributed by atoms with Gasteiger partial charge < -0.3 is 19.9 Å². The van der Waals surface area contributed by atoms with Crippen molar-refractivity contribution in [2.75, 3.05) is 33.7 Å². The quantitative estimate of drug-likeness (QED) is 0.358. The molecule has 7 heteroatoms. The first-order valence-corrected chi connectivity index (χ1v) is 16.2. The molecule has 2 saturated heterocycles. The van der Waals surface area contributed by atoms with Gasteiger partial charge in [0.05, 0.1) is 0 Å². The van der Waals surface area contributed by atoms with Crippen molar-refractivity contribution in [1.29, 1.82) is 0 Å². The monoisotopic (exact) mass is 574 g/mol. The summed E-state index contributed by atoms with van der Waals surface area (Å²) in [6, 6.07) is 16.2. The number of likely N-dealkylation sites (tertiary alicyclic amines) is 1. The second-order valence-corrected chi connectivity index (χ2v) is 13.0. The number of nitrogens with one attached hydrogen (secondary N) is 1. The third kappa shape index (κ3) is 7.35. The van der Waals surface area contributed by atoms with E-state index in [9.17, 15) is 9.59 Å². The van der Waals surface area contributed by atoms with Crippen LogP contribution in [0, 0.1) is 5.92 Å². The number of hydrogen-bond acceptors (Lipinski definition) is 5. The number of piperazine rings is 1. The van der Waals surface area contributed by atoms with Gasteiger partial charge in [0.25, 0.3) is 0 Å². The number of piperidine rings is 1. The smallest absolute Gasteiger partial charge is 0.246 e. The molecule has 2 aliphatic heterocycles. The van der Waals surface area contributed by atoms with Gasteiger partial charge in [-0.15, -0.1) is 0 Å². The predicted molar refractivity (Wildman–Crippen MR) is 167 cm³/mol. The number of unbranched alkanes of at least 4 members (excludes halogenated alkanes) is 1. The molecule has 2 heterocycles. The van der Waals surface area contributed by atoms with E-state index in [1.54, 1.807) is 0 Å². The average molecular weight is 575 g/mol. The number of amides is 2. The average Bonchev–Trinajstić information content (AvgIpc) is 2.99. The number of benzene rings is 2. The van der Waals surface area contributed by atoms with Crippen molar-refractivity contribution >= 4 is 11.8 Å². The van der Waals surface area contributed by atoms with Crippen LogP contribution in [0.2, 0.25) is 0 Å². The lowest BCUT2D eigenvalue weighted by molar-refractivity contribution is -0.162. The Labute approximate surface area is 252 Å². The third-order valence-corrected chi connectivity index (χ3v) is 9.51. The van der Waals surface area contributed by atoms with Gasteiger partial charge in [-0.1, -0.05) is 69.7 Å². The molecule has 3 aliphatic rings. The Bertz CT molecular complexity index is 1170. The molecule has 2 aromatic carbocycles. The summed E-state index contributed by atoms with van der Waals surface area (Å²) >= 11 is 0. The Morgan fingerprint density at radius 2 is 1.52 bits per heavy atom. The fraction of sp³-hybridized carbons (Fsp3) is 0.600. The van der Waals surface area contributed by atoms with E-state index in [-0.39, 0.29) is 17.9 Å². The molecule has 0 radical (unpaired) electrons. The number of hydrogen-bond donors (Lipinski definition) is 1. The van der Waals surface area contributed by atoms with Gasteiger partial charge in [0.2, 0.25) is 11.8 Å². The van der Waals surface area contributed by atoms with Crippen LogP contribution in [0.25, 0.3) is 0 Å². The Hall–Kier alpha value is -2.90. The minimum Gasteiger partial charge on any atom is -0.457 e. The molecule has 1 spiro atoms. The van der Waals surface area contributed by atoms with Gasteiger partial charge >= 0.3 is 0 Å². The maximum atomic E-state index is 13.8. The van der Waals surface area contributed by atoms with E-state index in [1.165, 1.54) is 43.2 Å². The van der Waals surface area contributed by atoms with Crippen molar-refractivity contribution < 1.29 is 14.3 Å². The van der Waals surface area contributed by atoms with Crippen LogP contribution in [0.15, 0.2) is 48.5 Å². The van der Waals surface area contributed by atoms with Crippen LogP contribution in [-0.4, -0.2) is 71.8 Å². The second-order valence-electron chi connectivity index (χ2n) is 13.0. The van der Waals surface area contributed by atoms with Gasteiger partial charge in [-0.25, -0.2) is 0 Å². The van der Waals surface area contributed by atoms with Gasteiger partial charge in [0.15, 0.2) is 0 Å². The summed E-state index contributed by atoms with van der Waals surface area (Å²) in [4.78, 5) is 34.1. The zero-order chi connectivity index (χ0) is 29.5. The highest BCUT2D eigenvalue weighted by atomic mass is 16.5. The van der Waals surface area contributed by atoms with Gasteiger partial charge in [0, 0.05) is 32.7 Å². The molecule has 7 nitrogen and oxygen atoms in total. The van der Waals surface area contributed by atoms with Crippen molar-refractivity contribution in [1.82, 2.24) is 20.0 Å². The van der Waals surface area contributed by atoms with Crippen molar-refractivity contribution in [2.45, 2.75) is 95.8 Å². The summed E-state index contributed by atoms with van der Waals surface area (Å²) in [6.07, 6.45) is 10.3. The molecule has 0 bridgehead atoms. The summed E-state index contributed by atoms with van der Waals surface area (Å²) in [7, 11) is 4.13. The highest BCUT2D eigenvalue weighted by Gasteiger charge is 2.53. The maximum absolute atomic E-state index is 13.8. The summed E-state index contributed by atoms with van der Waals surface area (Å²) < 4.78 is 6.07. The SMILES string of the molecule is CCCCN1C(=O)C(CC2CCCCC2)NC(=O)C12CCN(Cc1ccc(Oc3ccc(CN(C)C)cc3)cc1)CC2. The molecule has 1 atom stereocenters. The Balaban J connectivity index is 1.17. The summed E-state index contributed by atoms with van der Waals surface area (Å²) in [5, 5.41) is 3.22. The number of carbonyl (C=O) groups excluding carboxylic acids is 2. The van der Waals surface area contributed by atoms with E-state index in [2.05, 4.69) is 60.4 Å². The van der Waals surface area contributed by atoms with E-state index in [4.69, 9.17) is 4.74 Å². The molecule has 1 N–H and O–H groups in total. The lowest BCUT2D eigenvalue weighted by Gasteiger charge is -2.52. The van der Waals surface area contributed by atoms with Crippen LogP contribution in [0.4, 0.5) is 0 Å². The maximum Gasteiger partial charge on any atom is 0.246 e. The van der Waals surface area contributed by atoms with Crippen molar-refractivity contribution in [3.63, 3.8) is 0 Å². The highest BCUT2D eigenvalue weighted by Crippen LogP contribution is 2.36. The zero-order valence-corrected chi connectivity index (χ0v) is 25.9. The standard InChI is InChI=1S/C35H50N4O3/c1-4-5-21-39-33(40)32(24-27-9-7-6-8-10-27)36-34(41)35(39)19-22-38(23-20-35)26-29-13-17-31(18-14-29)42-30-15-11-28(12-16-30)25-37(2)3/h11-18,27,32H,4-10,19-26H2,1-3H3,(H,36,41). The van der Waals surface area contributed by atoms with E-state index in [0.717, 1.165) is 56.9 Å². The number of ether oxygens (including phenoxy) is 1. The highest BCUT2D eigenvalue weighted by molar-refractivity contribution is 6.00. The van der Waals surface area contributed by atoms with Gasteiger partial charge in [-0.2, -0.15) is 0 Å². The third-order valence-electron chi connectivity index (χ3n) is 9.51. The van der Waals surface area contributed by atoms with Crippen LogP contribution in [0.5, 0.6) is 11.5 Å². The topological polar surface area (TPSA) is 65.1 Å². The first-order valence-electron chi connectivity index (χ1n) is 16.2. The van der Waals surface area contributed by atoms with Crippen LogP contribution in [0.1, 0.15) is 82.3 Å². The normalized spacial score (nSPS) is 21.6. The lowest BCUT2D eigenvalue weighted by atomic mass is 9.79. The molecule has 3 fully saturated rings. The molecule has 0 aromatic heterocycles. The largest absolute Gasteiger partial charge is 0.457 e. The Kier molecular flexibility index (Phi) is 10.2. The molecule has 2 aromatic rings. The van der Waals surface area contributed by atoms with Crippen LogP contribution in [-0.2, 0) is 22.7 Å². The predicted octanol–water partition coefficient (Wildman–Crippen LogP) is 5.97. The molecular formula is C35H50N4O3. The van der Waals surface area contributed by atoms with Crippen LogP contribution >= 0.6 is 0 Å². The number of rotatable bonds is 11. The molecule has 5 rings (SSSR count). The van der Waals surface area contributed by atoms with E-state index in [0.29, 0.717) is 25.3 Å². The number of nitrogens with zero attached hydrogens (tertiary/aromatic N) is 3. The molecule has 1 unspecified atom stereocenters. The second kappa shape index (κ2) is 14.0. The van der Waals surface area contributed by atoms with Crippen LogP contribution in [0.3, 0.4) is 0 Å². The van der Waals surface area contributed by atoms with Gasteiger partial charge in [-0.05, 0) is 81.1 Å². The molecule has 1 saturated carbocycles. The van der Waals surface area contributed by atoms with Crippen molar-refractivity contribution in [3.05, 3.63) is 59.7 Å². The Morgan fingerprint density at radius 1 is 0.905 bits per heavy atom. The first kappa shape index (κ1) is 30.6. The van der Waals surface area contributed by atoms with E-state index in [1.807, 2.05) is 29.2 Å². The fourth-order valence-corrected chi connectivity index (χ4v) is 7.10. The Morgan fingerprint density at radius 3 is 2.12 bits per heavy atom. The molecule has 42 heavy (non-hydrogen) atoms. The van der Waals surface area contributed by atoms with E-state index < -0.39 is 5.54 Å². The molecule has 228 valence electrons. The minimum absolute atomic E-state index is 0.0786. The first-order chi connectivity index (χ1) is 20.4. The summed E-state index contributed by atoms with van der Waals surface area (Å²) in [5.41, 5.74) is 1.78. The van der Waals surface area contributed by atoms with E-state index >= 15 is 0 Å². The number of carbonyl (C=O) groups is 2. The molecule has 1 aliphatic carbocycles. The lowest BCUT2D eigenvalue weighted by Crippen LogP contribution is -2.73. The molecule has 2 amide bonds. The van der Waals surface area contributed by atoms with Crippen LogP contribution < -0.4 is 10.1 Å². The van der Waals surface area contributed by atoms with Crippen molar-refractivity contribution in [2.24, 2.45) is 5.92 Å².